The number of nitrogens with one attached hydrogen (secondary N) is 1. The number of hydrogen-bond acceptors (Lipinski definition) is 6. The van der Waals surface area contributed by atoms with Crippen LogP contribution in [0, 0.1) is 0 Å². The van der Waals surface area contributed by atoms with E-state index < -0.39 is 12.1 Å². The highest BCUT2D eigenvalue weighted by molar-refractivity contribution is 6.02. The summed E-state index contributed by atoms with van der Waals surface area (Å²) < 4.78 is 15.8. The van der Waals surface area contributed by atoms with Gasteiger partial charge in [-0.15, -0.1) is 0 Å². The second-order valence-electron chi connectivity index (χ2n) is 7.06. The number of ether oxygens (including phenoxy) is 3. The van der Waals surface area contributed by atoms with Crippen LogP contribution in [0.4, 0.5) is 10.5 Å². The fraction of sp³-hybridized carbons (Fsp3) is 0.273. The van der Waals surface area contributed by atoms with Crippen molar-refractivity contribution in [1.29, 1.82) is 0 Å². The number of benzene rings is 2. The summed E-state index contributed by atoms with van der Waals surface area (Å²) in [6.07, 6.45) is -0.335. The lowest BCUT2D eigenvalue weighted by Gasteiger charge is -2.34. The summed E-state index contributed by atoms with van der Waals surface area (Å²) in [7, 11) is 2.59. The highest BCUT2D eigenvalue weighted by atomic mass is 16.5. The molecule has 2 aromatic carbocycles. The molecule has 8 heteroatoms. The number of carbonyl (C=O) groups is 2. The lowest BCUT2D eigenvalue weighted by molar-refractivity contribution is 0.0425. The molecule has 3 aromatic rings. The lowest BCUT2D eigenvalue weighted by Crippen LogP contribution is -2.43. The van der Waals surface area contributed by atoms with E-state index in [1.165, 1.54) is 25.2 Å². The number of aromatic amines is 1. The van der Waals surface area contributed by atoms with Gasteiger partial charge in [-0.1, -0.05) is 30.3 Å². The zero-order valence-electron chi connectivity index (χ0n) is 16.7. The summed E-state index contributed by atoms with van der Waals surface area (Å²) in [5.74, 6) is -0.617. The fourth-order valence-electron chi connectivity index (χ4n) is 3.77. The van der Waals surface area contributed by atoms with Gasteiger partial charge in [0.25, 0.3) is 0 Å². The van der Waals surface area contributed by atoms with E-state index in [1.54, 1.807) is 6.07 Å². The predicted molar refractivity (Wildman–Crippen MR) is 110 cm³/mol. The largest absolute Gasteiger partial charge is 0.506 e. The number of aromatic hydroxyl groups is 1. The van der Waals surface area contributed by atoms with Gasteiger partial charge in [-0.2, -0.15) is 0 Å². The second kappa shape index (κ2) is 8.08. The van der Waals surface area contributed by atoms with Crippen LogP contribution in [0.25, 0.3) is 10.9 Å². The summed E-state index contributed by atoms with van der Waals surface area (Å²) in [6.45, 7) is 0.684. The zero-order chi connectivity index (χ0) is 21.3. The first kappa shape index (κ1) is 19.8. The number of amides is 1. The maximum atomic E-state index is 12.4. The van der Waals surface area contributed by atoms with Gasteiger partial charge in [0.05, 0.1) is 44.7 Å². The highest BCUT2D eigenvalue weighted by Gasteiger charge is 2.32. The molecule has 2 N–H and O–H groups in total. The van der Waals surface area contributed by atoms with Crippen molar-refractivity contribution in [3.63, 3.8) is 0 Å². The van der Waals surface area contributed by atoms with E-state index in [1.807, 2.05) is 30.3 Å². The molecule has 1 amide bonds. The molecule has 4 rings (SSSR count). The van der Waals surface area contributed by atoms with Gasteiger partial charge in [-0.25, -0.2) is 9.59 Å². The molecular formula is C22H22N2O6. The molecule has 8 nitrogen and oxygen atoms in total. The minimum Gasteiger partial charge on any atom is -0.506 e. The summed E-state index contributed by atoms with van der Waals surface area (Å²) in [4.78, 5) is 28.7. The van der Waals surface area contributed by atoms with E-state index in [2.05, 4.69) is 4.98 Å². The molecule has 0 spiro atoms. The number of fused-ring (bicyclic) bond motifs is 3. The molecular weight excluding hydrogens is 388 g/mol. The van der Waals surface area contributed by atoms with Crippen LogP contribution in [-0.2, 0) is 27.2 Å². The smallest absolute Gasteiger partial charge is 0.414 e. The Balaban J connectivity index is 1.73. The van der Waals surface area contributed by atoms with Gasteiger partial charge in [-0.3, -0.25) is 4.90 Å². The van der Waals surface area contributed by atoms with Gasteiger partial charge in [-0.05, 0) is 17.2 Å². The van der Waals surface area contributed by atoms with Crippen LogP contribution in [0.15, 0.2) is 42.5 Å². The van der Waals surface area contributed by atoms with Crippen molar-refractivity contribution in [2.75, 3.05) is 25.7 Å². The van der Waals surface area contributed by atoms with E-state index in [-0.39, 0.29) is 24.1 Å². The number of methoxy groups -OCH3 is 2. The Morgan fingerprint density at radius 1 is 1.17 bits per heavy atom. The average molecular weight is 410 g/mol. The Morgan fingerprint density at radius 3 is 2.63 bits per heavy atom. The van der Waals surface area contributed by atoms with Gasteiger partial charge in [0.15, 0.2) is 0 Å². The van der Waals surface area contributed by atoms with Crippen molar-refractivity contribution in [1.82, 2.24) is 4.98 Å². The Hall–Kier alpha value is -3.52. The van der Waals surface area contributed by atoms with Gasteiger partial charge in [0, 0.05) is 17.9 Å². The molecule has 30 heavy (non-hydrogen) atoms. The first-order chi connectivity index (χ1) is 14.5. The molecule has 1 atom stereocenters. The molecule has 1 aliphatic heterocycles. The minimum absolute atomic E-state index is 0.0727. The maximum absolute atomic E-state index is 12.4. The molecule has 2 heterocycles. The first-order valence-corrected chi connectivity index (χ1v) is 9.48. The number of phenolic OH excluding ortho intramolecular Hbond substituents is 1. The van der Waals surface area contributed by atoms with Crippen molar-refractivity contribution in [2.45, 2.75) is 19.1 Å². The molecule has 0 aliphatic carbocycles. The Bertz CT molecular complexity index is 1090. The maximum Gasteiger partial charge on any atom is 0.414 e. The number of anilines is 1. The van der Waals surface area contributed by atoms with Crippen LogP contribution in [0.3, 0.4) is 0 Å². The second-order valence-corrected chi connectivity index (χ2v) is 7.06. The van der Waals surface area contributed by atoms with Gasteiger partial charge in [0.1, 0.15) is 11.4 Å². The summed E-state index contributed by atoms with van der Waals surface area (Å²) in [6, 6.07) is 12.9. The molecule has 0 saturated carbocycles. The molecule has 0 fully saturated rings. The summed E-state index contributed by atoms with van der Waals surface area (Å²) in [5.41, 5.74) is 2.96. The van der Waals surface area contributed by atoms with Crippen LogP contribution in [-0.4, -0.2) is 49.0 Å². The SMILES string of the molecule is COC(=O)c1cc2c3c(cc(O)c2[nH]1)N(C(=O)OC)C[C@@H](OCc1ccccc1)C3. The Morgan fingerprint density at radius 2 is 1.93 bits per heavy atom. The standard InChI is InChI=1S/C22H22N2O6/c1-28-21(26)17-9-16-15-8-14(30-12-13-6-4-3-5-7-13)11-24(22(27)29-2)18(15)10-19(25)20(16)23-17/h3-7,9-10,14,23,25H,8,11-12H2,1-2H3/t14-/m0/s1. The van der Waals surface area contributed by atoms with E-state index in [4.69, 9.17) is 14.2 Å². The molecule has 0 saturated heterocycles. The topological polar surface area (TPSA) is 101 Å². The van der Waals surface area contributed by atoms with Crippen LogP contribution in [0.2, 0.25) is 0 Å². The lowest BCUT2D eigenvalue weighted by atomic mass is 9.95. The monoisotopic (exact) mass is 410 g/mol. The normalized spacial score (nSPS) is 15.7. The van der Waals surface area contributed by atoms with Crippen molar-refractivity contribution in [3.05, 3.63) is 59.3 Å². The number of rotatable bonds is 4. The van der Waals surface area contributed by atoms with E-state index in [0.29, 0.717) is 29.6 Å². The number of nitrogens with zero attached hydrogens (tertiary/aromatic N) is 1. The molecule has 0 radical (unpaired) electrons. The fourth-order valence-corrected chi connectivity index (χ4v) is 3.77. The number of carbonyl (C=O) groups excluding carboxylic acids is 2. The molecule has 1 aliphatic rings. The van der Waals surface area contributed by atoms with Crippen molar-refractivity contribution >= 4 is 28.7 Å². The van der Waals surface area contributed by atoms with E-state index in [9.17, 15) is 14.7 Å². The third-order valence-corrected chi connectivity index (χ3v) is 5.22. The minimum atomic E-state index is -0.549. The predicted octanol–water partition coefficient (Wildman–Crippen LogP) is 3.37. The third-order valence-electron chi connectivity index (χ3n) is 5.22. The van der Waals surface area contributed by atoms with Gasteiger partial charge >= 0.3 is 12.1 Å². The van der Waals surface area contributed by atoms with E-state index >= 15 is 0 Å². The average Bonchev–Trinajstić information content (AvgIpc) is 3.24. The van der Waals surface area contributed by atoms with Crippen molar-refractivity contribution < 1.29 is 28.9 Å². The Labute approximate surface area is 173 Å². The van der Waals surface area contributed by atoms with Gasteiger partial charge in [0.2, 0.25) is 0 Å². The van der Waals surface area contributed by atoms with Crippen LogP contribution < -0.4 is 4.90 Å². The third kappa shape index (κ3) is 3.57. The van der Waals surface area contributed by atoms with Crippen LogP contribution >= 0.6 is 0 Å². The number of phenols is 1. The van der Waals surface area contributed by atoms with Crippen LogP contribution in [0.5, 0.6) is 5.75 Å². The highest BCUT2D eigenvalue weighted by Crippen LogP contribution is 2.40. The molecule has 156 valence electrons. The molecule has 0 bridgehead atoms. The molecule has 0 unspecified atom stereocenters. The van der Waals surface area contributed by atoms with E-state index in [0.717, 1.165) is 11.1 Å². The summed E-state index contributed by atoms with van der Waals surface area (Å²) in [5, 5.41) is 11.1. The quantitative estimate of drug-likeness (QED) is 0.640. The number of esters is 1. The number of aromatic nitrogens is 1. The van der Waals surface area contributed by atoms with Crippen LogP contribution in [0.1, 0.15) is 21.6 Å². The van der Waals surface area contributed by atoms with Crippen molar-refractivity contribution in [3.8, 4) is 5.75 Å². The number of H-pyrrole nitrogens is 1. The Kier molecular flexibility index (Phi) is 5.33. The first-order valence-electron chi connectivity index (χ1n) is 9.48. The molecule has 1 aromatic heterocycles. The van der Waals surface area contributed by atoms with Gasteiger partial charge < -0.3 is 24.3 Å². The zero-order valence-corrected chi connectivity index (χ0v) is 16.7. The number of hydrogen-bond donors (Lipinski definition) is 2. The van der Waals surface area contributed by atoms with Crippen molar-refractivity contribution in [2.24, 2.45) is 0 Å². The summed E-state index contributed by atoms with van der Waals surface area (Å²) >= 11 is 0.